The number of hydrogen-bond donors (Lipinski definition) is 2. The molecule has 0 unspecified atom stereocenters. The van der Waals surface area contributed by atoms with E-state index in [1.165, 1.54) is 17.3 Å². The van der Waals surface area contributed by atoms with Crippen LogP contribution in [0.3, 0.4) is 0 Å². The Labute approximate surface area is 188 Å². The number of methoxy groups -OCH3 is 1. The van der Waals surface area contributed by atoms with Gasteiger partial charge in [-0.05, 0) is 32.9 Å². The molecule has 0 spiro atoms. The molecule has 1 aromatic rings. The van der Waals surface area contributed by atoms with Gasteiger partial charge in [-0.25, -0.2) is 16.8 Å². The summed E-state index contributed by atoms with van der Waals surface area (Å²) in [7, 11) is -6.37. The summed E-state index contributed by atoms with van der Waals surface area (Å²) >= 11 is 0.709. The topological polar surface area (TPSA) is 134 Å². The summed E-state index contributed by atoms with van der Waals surface area (Å²) in [5, 5.41) is 3.24. The van der Waals surface area contributed by atoms with Crippen LogP contribution in [-0.2, 0) is 29.6 Å². The lowest BCUT2D eigenvalue weighted by Gasteiger charge is -2.32. The number of aliphatic imine (C=N–C) groups is 1. The fraction of sp³-hybridized carbons (Fsp3) is 0.667. The third kappa shape index (κ3) is 6.33. The minimum absolute atomic E-state index is 0.0167. The molecule has 31 heavy (non-hydrogen) atoms. The van der Waals surface area contributed by atoms with E-state index < -0.39 is 20.0 Å². The lowest BCUT2D eigenvalue weighted by Crippen LogP contribution is -2.43. The Morgan fingerprint density at radius 1 is 1.39 bits per heavy atom. The first kappa shape index (κ1) is 25.9. The summed E-state index contributed by atoms with van der Waals surface area (Å²) in [6.07, 6.45) is 0.383. The van der Waals surface area contributed by atoms with E-state index >= 15 is 0 Å². The summed E-state index contributed by atoms with van der Waals surface area (Å²) in [5.74, 6) is -0.199. The monoisotopic (exact) mass is 494 g/mol. The number of hydrogen-bond acceptors (Lipinski definition) is 9. The van der Waals surface area contributed by atoms with Crippen molar-refractivity contribution in [2.75, 3.05) is 39.9 Å². The quantitative estimate of drug-likeness (QED) is 0.267. The van der Waals surface area contributed by atoms with E-state index in [0.717, 1.165) is 0 Å². The lowest BCUT2D eigenvalue weighted by atomic mass is 10.1. The first-order chi connectivity index (χ1) is 14.6. The number of carbonyl (C=O) groups excluding carboxylic acids is 1. The molecule has 1 aromatic heterocycles. The highest BCUT2D eigenvalue weighted by atomic mass is 32.3. The minimum Gasteiger partial charge on any atom is -0.385 e. The number of amidine groups is 1. The van der Waals surface area contributed by atoms with Gasteiger partial charge >= 0.3 is 0 Å². The van der Waals surface area contributed by atoms with Gasteiger partial charge in [0.25, 0.3) is 20.0 Å². The van der Waals surface area contributed by atoms with Crippen LogP contribution in [0.25, 0.3) is 0 Å². The standard InChI is InChI=1S/C18H30N4O6S3/c1-5-19-15-12-22(8-7-9-28-4)31(26,27)18-14(15)11-17(29-18)30(24,25)21-16(20-6-2)10-13(3)23/h11,15,19H,5-10,12H2,1-4H3,(H,20,21)/t15-/m0/s1. The summed E-state index contributed by atoms with van der Waals surface area (Å²) in [6.45, 7) is 6.79. The number of thiophene rings is 1. The van der Waals surface area contributed by atoms with Gasteiger partial charge in [-0.2, -0.15) is 4.31 Å². The Balaban J connectivity index is 2.43. The van der Waals surface area contributed by atoms with Crippen molar-refractivity contribution in [2.24, 2.45) is 4.99 Å². The van der Waals surface area contributed by atoms with Gasteiger partial charge in [-0.1, -0.05) is 6.92 Å². The first-order valence-corrected chi connectivity index (χ1v) is 13.7. The Bertz CT molecular complexity index is 1020. The van der Waals surface area contributed by atoms with Crippen molar-refractivity contribution in [1.29, 1.82) is 0 Å². The van der Waals surface area contributed by atoms with Gasteiger partial charge in [0.2, 0.25) is 0 Å². The van der Waals surface area contributed by atoms with Crippen LogP contribution in [-0.4, -0.2) is 72.7 Å². The number of carbonyl (C=O) groups is 1. The molecule has 10 nitrogen and oxygen atoms in total. The molecule has 176 valence electrons. The third-order valence-corrected chi connectivity index (χ3v) is 9.92. The number of likely N-dealkylation sites (N-methyl/N-ethyl adjacent to an activating group) is 1. The van der Waals surface area contributed by atoms with Gasteiger partial charge < -0.3 is 10.1 Å². The predicted molar refractivity (Wildman–Crippen MR) is 120 cm³/mol. The Morgan fingerprint density at radius 3 is 2.68 bits per heavy atom. The van der Waals surface area contributed by atoms with Crippen LogP contribution in [0.1, 0.15) is 45.2 Å². The van der Waals surface area contributed by atoms with Gasteiger partial charge in [0, 0.05) is 45.0 Å². The number of nitrogens with zero attached hydrogens (tertiary/aromatic N) is 2. The number of Topliss-reactive ketones (excluding diaryl/α,β-unsaturated/α-hetero) is 1. The molecule has 0 aliphatic carbocycles. The van der Waals surface area contributed by atoms with Crippen molar-refractivity contribution in [1.82, 2.24) is 14.3 Å². The Morgan fingerprint density at radius 2 is 2.10 bits per heavy atom. The van der Waals surface area contributed by atoms with Crippen LogP contribution < -0.4 is 10.0 Å². The fourth-order valence-electron chi connectivity index (χ4n) is 3.23. The zero-order valence-electron chi connectivity index (χ0n) is 18.2. The second-order valence-electron chi connectivity index (χ2n) is 7.03. The lowest BCUT2D eigenvalue weighted by molar-refractivity contribution is -0.115. The molecule has 2 heterocycles. The van der Waals surface area contributed by atoms with E-state index in [1.54, 1.807) is 14.0 Å². The van der Waals surface area contributed by atoms with E-state index in [-0.39, 0.29) is 45.6 Å². The van der Waals surface area contributed by atoms with Crippen LogP contribution in [0.15, 0.2) is 19.5 Å². The molecule has 0 saturated heterocycles. The van der Waals surface area contributed by atoms with E-state index in [9.17, 15) is 21.6 Å². The first-order valence-electron chi connectivity index (χ1n) is 9.98. The fourth-order valence-corrected chi connectivity index (χ4v) is 8.18. The molecule has 0 amide bonds. The minimum atomic E-state index is -4.09. The number of fused-ring (bicyclic) bond motifs is 1. The van der Waals surface area contributed by atoms with Gasteiger partial charge in [-0.15, -0.1) is 11.3 Å². The molecule has 13 heteroatoms. The van der Waals surface area contributed by atoms with Crippen LogP contribution in [0.4, 0.5) is 0 Å². The maximum atomic E-state index is 13.1. The molecule has 2 rings (SSSR count). The molecule has 0 saturated carbocycles. The van der Waals surface area contributed by atoms with Crippen molar-refractivity contribution in [2.45, 2.75) is 48.1 Å². The molecular formula is C18H30N4O6S3. The molecule has 1 aliphatic heterocycles. The summed E-state index contributed by atoms with van der Waals surface area (Å²) in [6, 6.07) is 1.07. The summed E-state index contributed by atoms with van der Waals surface area (Å²) < 4.78 is 60.8. The average Bonchev–Trinajstić information content (AvgIpc) is 3.13. The van der Waals surface area contributed by atoms with Crippen molar-refractivity contribution in [3.8, 4) is 0 Å². The summed E-state index contributed by atoms with van der Waals surface area (Å²) in [4.78, 5) is 15.5. The average molecular weight is 495 g/mol. The van der Waals surface area contributed by atoms with Crippen LogP contribution in [0.2, 0.25) is 0 Å². The van der Waals surface area contributed by atoms with Crippen molar-refractivity contribution in [3.63, 3.8) is 0 Å². The van der Waals surface area contributed by atoms with Crippen LogP contribution in [0, 0.1) is 0 Å². The third-order valence-electron chi connectivity index (χ3n) is 4.53. The van der Waals surface area contributed by atoms with E-state index in [0.29, 0.717) is 43.0 Å². The maximum Gasteiger partial charge on any atom is 0.272 e. The SMILES string of the molecule is CCN=C(CC(C)=O)NS(=O)(=O)c1cc2c(s1)S(=O)(=O)N(CCCOC)C[C@@H]2NCC. The highest BCUT2D eigenvalue weighted by Gasteiger charge is 2.40. The molecule has 0 fully saturated rings. The number of ether oxygens (including phenoxy) is 1. The molecule has 0 bridgehead atoms. The highest BCUT2D eigenvalue weighted by Crippen LogP contribution is 2.40. The molecule has 1 aliphatic rings. The summed E-state index contributed by atoms with van der Waals surface area (Å²) in [5.41, 5.74) is 0.441. The van der Waals surface area contributed by atoms with Crippen molar-refractivity contribution < 1.29 is 26.4 Å². The van der Waals surface area contributed by atoms with Gasteiger partial charge in [-0.3, -0.25) is 14.5 Å². The Hall–Kier alpha value is -1.38. The van der Waals surface area contributed by atoms with Gasteiger partial charge in [0.1, 0.15) is 20.0 Å². The predicted octanol–water partition coefficient (Wildman–Crippen LogP) is 1.12. The normalized spacial score (nSPS) is 19.2. The van der Waals surface area contributed by atoms with Crippen molar-refractivity contribution >= 4 is 43.0 Å². The van der Waals surface area contributed by atoms with Crippen molar-refractivity contribution in [3.05, 3.63) is 11.6 Å². The van der Waals surface area contributed by atoms with Crippen LogP contribution >= 0.6 is 11.3 Å². The van der Waals surface area contributed by atoms with Crippen LogP contribution in [0.5, 0.6) is 0 Å². The largest absolute Gasteiger partial charge is 0.385 e. The van der Waals surface area contributed by atoms with E-state index in [1.807, 2.05) is 6.92 Å². The smallest absolute Gasteiger partial charge is 0.272 e. The number of nitrogens with one attached hydrogen (secondary N) is 2. The Kier molecular flexibility index (Phi) is 9.15. The number of ketones is 1. The molecule has 2 N–H and O–H groups in total. The zero-order chi connectivity index (χ0) is 23.2. The zero-order valence-corrected chi connectivity index (χ0v) is 20.6. The molecular weight excluding hydrogens is 464 g/mol. The molecule has 0 aromatic carbocycles. The number of rotatable bonds is 11. The molecule has 0 radical (unpaired) electrons. The molecule has 1 atom stereocenters. The van der Waals surface area contributed by atoms with E-state index in [4.69, 9.17) is 4.74 Å². The second kappa shape index (κ2) is 11.0. The van der Waals surface area contributed by atoms with E-state index in [2.05, 4.69) is 15.0 Å². The van der Waals surface area contributed by atoms with Gasteiger partial charge in [0.05, 0.1) is 6.42 Å². The second-order valence-corrected chi connectivity index (χ2v) is 12.1. The maximum absolute atomic E-state index is 13.1. The highest BCUT2D eigenvalue weighted by molar-refractivity contribution is 7.94. The van der Waals surface area contributed by atoms with Gasteiger partial charge in [0.15, 0.2) is 0 Å². The number of sulfonamides is 2.